The maximum Gasteiger partial charge on any atom is 0.147 e. The average molecular weight is 304 g/mol. The fourth-order valence-electron chi connectivity index (χ4n) is 1.82. The van der Waals surface area contributed by atoms with E-state index in [1.807, 2.05) is 30.3 Å². The third-order valence-electron chi connectivity index (χ3n) is 2.89. The maximum absolute atomic E-state index is 9.14. The lowest BCUT2D eigenvalue weighted by molar-refractivity contribution is -0.0732. The first kappa shape index (κ1) is 16.5. The minimum atomic E-state index is -0.0878. The molecule has 0 saturated heterocycles. The summed E-state index contributed by atoms with van der Waals surface area (Å²) in [4.78, 5) is 8.84. The highest BCUT2D eigenvalue weighted by Crippen LogP contribution is 2.15. The second-order valence-corrected chi connectivity index (χ2v) is 4.55. The number of pyridine rings is 2. The minimum Gasteiger partial charge on any atom is -0.390 e. The molecule has 0 aliphatic carbocycles. The Morgan fingerprint density at radius 3 is 2.27 bits per heavy atom. The van der Waals surface area contributed by atoms with Gasteiger partial charge in [-0.1, -0.05) is 12.1 Å². The molecule has 0 aliphatic rings. The van der Waals surface area contributed by atoms with Crippen molar-refractivity contribution in [3.8, 4) is 11.4 Å². The van der Waals surface area contributed by atoms with Crippen molar-refractivity contribution in [1.29, 1.82) is 0 Å². The topological polar surface area (TPSA) is 73.7 Å². The predicted octanol–water partition coefficient (Wildman–Crippen LogP) is 1.77. The van der Waals surface area contributed by atoms with Crippen molar-refractivity contribution < 1.29 is 19.3 Å². The van der Waals surface area contributed by atoms with E-state index in [0.29, 0.717) is 25.5 Å². The summed E-state index contributed by atoms with van der Waals surface area (Å²) in [6.07, 6.45) is 0. The van der Waals surface area contributed by atoms with Crippen LogP contribution in [-0.2, 0) is 27.4 Å². The first-order chi connectivity index (χ1) is 10.8. The molecule has 0 saturated carbocycles. The third kappa shape index (κ3) is 5.16. The monoisotopic (exact) mass is 304 g/mol. The Labute approximate surface area is 129 Å². The number of aliphatic hydroxyl groups excluding tert-OH is 1. The van der Waals surface area contributed by atoms with Crippen molar-refractivity contribution in [2.75, 3.05) is 27.1 Å². The summed E-state index contributed by atoms with van der Waals surface area (Å²) < 4.78 is 15.5. The van der Waals surface area contributed by atoms with Gasteiger partial charge in [-0.25, -0.2) is 9.97 Å². The van der Waals surface area contributed by atoms with Crippen LogP contribution in [0.5, 0.6) is 0 Å². The van der Waals surface area contributed by atoms with E-state index in [1.165, 1.54) is 0 Å². The van der Waals surface area contributed by atoms with Crippen LogP contribution in [0.1, 0.15) is 11.4 Å². The molecule has 118 valence electrons. The number of aliphatic hydroxyl groups is 1. The zero-order valence-electron chi connectivity index (χ0n) is 12.6. The molecule has 0 unspecified atom stereocenters. The van der Waals surface area contributed by atoms with Crippen molar-refractivity contribution >= 4 is 0 Å². The number of hydrogen-bond donors (Lipinski definition) is 1. The Morgan fingerprint density at radius 2 is 1.59 bits per heavy atom. The van der Waals surface area contributed by atoms with Crippen LogP contribution in [0.2, 0.25) is 0 Å². The van der Waals surface area contributed by atoms with Crippen LogP contribution < -0.4 is 0 Å². The van der Waals surface area contributed by atoms with Gasteiger partial charge in [0.25, 0.3) is 0 Å². The van der Waals surface area contributed by atoms with E-state index in [-0.39, 0.29) is 13.4 Å². The highest BCUT2D eigenvalue weighted by molar-refractivity contribution is 5.54. The SMILES string of the molecule is COCCOCOCc1cccc(-c2cccc(CO)n2)n1. The second kappa shape index (κ2) is 9.22. The Kier molecular flexibility index (Phi) is 6.92. The van der Waals surface area contributed by atoms with Gasteiger partial charge in [0, 0.05) is 7.11 Å². The van der Waals surface area contributed by atoms with Gasteiger partial charge in [-0.15, -0.1) is 0 Å². The summed E-state index contributed by atoms with van der Waals surface area (Å²) in [5.41, 5.74) is 2.89. The molecule has 2 aromatic heterocycles. The summed E-state index contributed by atoms with van der Waals surface area (Å²) in [5.74, 6) is 0. The fraction of sp³-hybridized carbons (Fsp3) is 0.375. The molecule has 2 heterocycles. The fourth-order valence-corrected chi connectivity index (χ4v) is 1.82. The van der Waals surface area contributed by atoms with Crippen LogP contribution in [0.3, 0.4) is 0 Å². The predicted molar refractivity (Wildman–Crippen MR) is 80.9 cm³/mol. The summed E-state index contributed by atoms with van der Waals surface area (Å²) in [5, 5.41) is 9.14. The molecule has 22 heavy (non-hydrogen) atoms. The molecule has 0 amide bonds. The van der Waals surface area contributed by atoms with Crippen molar-refractivity contribution in [2.24, 2.45) is 0 Å². The zero-order valence-corrected chi connectivity index (χ0v) is 12.6. The lowest BCUT2D eigenvalue weighted by Gasteiger charge is -2.07. The smallest absolute Gasteiger partial charge is 0.147 e. The van der Waals surface area contributed by atoms with Gasteiger partial charge in [0.15, 0.2) is 0 Å². The van der Waals surface area contributed by atoms with E-state index < -0.39 is 0 Å². The van der Waals surface area contributed by atoms with Crippen molar-refractivity contribution in [3.05, 3.63) is 47.8 Å². The van der Waals surface area contributed by atoms with Crippen LogP contribution in [0.4, 0.5) is 0 Å². The van der Waals surface area contributed by atoms with Gasteiger partial charge in [0.2, 0.25) is 0 Å². The first-order valence-corrected chi connectivity index (χ1v) is 7.01. The normalized spacial score (nSPS) is 10.8. The van der Waals surface area contributed by atoms with Crippen molar-refractivity contribution in [2.45, 2.75) is 13.2 Å². The Bertz CT molecular complexity index is 578. The van der Waals surface area contributed by atoms with E-state index in [4.69, 9.17) is 19.3 Å². The van der Waals surface area contributed by atoms with Crippen LogP contribution in [0, 0.1) is 0 Å². The van der Waals surface area contributed by atoms with E-state index in [1.54, 1.807) is 13.2 Å². The highest BCUT2D eigenvalue weighted by atomic mass is 16.7. The molecule has 2 rings (SSSR count). The molecule has 0 radical (unpaired) electrons. The maximum atomic E-state index is 9.14. The number of rotatable bonds is 9. The average Bonchev–Trinajstić information content (AvgIpc) is 2.58. The van der Waals surface area contributed by atoms with Gasteiger partial charge < -0.3 is 19.3 Å². The quantitative estimate of drug-likeness (QED) is 0.562. The first-order valence-electron chi connectivity index (χ1n) is 7.01. The molecule has 2 aromatic rings. The number of hydrogen-bond acceptors (Lipinski definition) is 6. The molecule has 0 atom stereocenters. The standard InChI is InChI=1S/C16H20N2O4/c1-20-8-9-21-12-22-11-14-5-3-7-16(18-14)15-6-2-4-13(10-19)17-15/h2-7,19H,8-12H2,1H3. The van der Waals surface area contributed by atoms with E-state index in [0.717, 1.165) is 17.1 Å². The molecule has 0 aromatic carbocycles. The van der Waals surface area contributed by atoms with E-state index in [9.17, 15) is 0 Å². The molecule has 0 spiro atoms. The summed E-state index contributed by atoms with van der Waals surface area (Å²) in [6.45, 7) is 1.52. The zero-order chi connectivity index (χ0) is 15.6. The molecule has 6 heteroatoms. The van der Waals surface area contributed by atoms with Gasteiger partial charge in [0.1, 0.15) is 6.79 Å². The van der Waals surface area contributed by atoms with Crippen molar-refractivity contribution in [1.82, 2.24) is 9.97 Å². The molecule has 0 bridgehead atoms. The lowest BCUT2D eigenvalue weighted by atomic mass is 10.2. The van der Waals surface area contributed by atoms with Crippen LogP contribution >= 0.6 is 0 Å². The van der Waals surface area contributed by atoms with Gasteiger partial charge in [-0.2, -0.15) is 0 Å². The van der Waals surface area contributed by atoms with Gasteiger partial charge in [-0.3, -0.25) is 0 Å². The Morgan fingerprint density at radius 1 is 0.909 bits per heavy atom. The highest BCUT2D eigenvalue weighted by Gasteiger charge is 2.04. The molecule has 0 aliphatic heterocycles. The number of methoxy groups -OCH3 is 1. The van der Waals surface area contributed by atoms with E-state index >= 15 is 0 Å². The second-order valence-electron chi connectivity index (χ2n) is 4.55. The van der Waals surface area contributed by atoms with Crippen LogP contribution in [0.25, 0.3) is 11.4 Å². The number of aromatic nitrogens is 2. The molecule has 1 N–H and O–H groups in total. The number of ether oxygens (including phenoxy) is 3. The summed E-state index contributed by atoms with van der Waals surface area (Å²) in [7, 11) is 1.62. The largest absolute Gasteiger partial charge is 0.390 e. The summed E-state index contributed by atoms with van der Waals surface area (Å²) >= 11 is 0. The minimum absolute atomic E-state index is 0.0878. The van der Waals surface area contributed by atoms with Gasteiger partial charge >= 0.3 is 0 Å². The molecule has 6 nitrogen and oxygen atoms in total. The Balaban J connectivity index is 1.92. The van der Waals surface area contributed by atoms with E-state index in [2.05, 4.69) is 9.97 Å². The van der Waals surface area contributed by atoms with Crippen LogP contribution in [0.15, 0.2) is 36.4 Å². The summed E-state index contributed by atoms with van der Waals surface area (Å²) in [6, 6.07) is 11.1. The van der Waals surface area contributed by atoms with Gasteiger partial charge in [-0.05, 0) is 24.3 Å². The molecule has 0 fully saturated rings. The molecular weight excluding hydrogens is 284 g/mol. The third-order valence-corrected chi connectivity index (χ3v) is 2.89. The number of nitrogens with zero attached hydrogens (tertiary/aromatic N) is 2. The van der Waals surface area contributed by atoms with Crippen LogP contribution in [-0.4, -0.2) is 42.2 Å². The lowest BCUT2D eigenvalue weighted by Crippen LogP contribution is -2.06. The van der Waals surface area contributed by atoms with Crippen molar-refractivity contribution in [3.63, 3.8) is 0 Å². The van der Waals surface area contributed by atoms with Gasteiger partial charge in [0.05, 0.1) is 49.2 Å². The Hall–Kier alpha value is -1.86. The molecular formula is C16H20N2O4.